The van der Waals surface area contributed by atoms with Crippen LogP contribution in [0.5, 0.6) is 0 Å². The van der Waals surface area contributed by atoms with Crippen molar-refractivity contribution in [2.75, 3.05) is 91.7 Å². The fourth-order valence-electron chi connectivity index (χ4n) is 9.55. The molecule has 9 heteroatoms. The Morgan fingerprint density at radius 3 is 0.939 bits per heavy atom. The molecule has 0 aromatic rings. The number of piperazine rings is 1. The van der Waals surface area contributed by atoms with E-state index in [0.29, 0.717) is 52.0 Å². The van der Waals surface area contributed by atoms with Crippen LogP contribution in [-0.2, 0) is 19.1 Å². The van der Waals surface area contributed by atoms with Gasteiger partial charge in [-0.3, -0.25) is 14.4 Å². The molecule has 0 radical (unpaired) electrons. The van der Waals surface area contributed by atoms with Gasteiger partial charge in [-0.05, 0) is 64.7 Å². The first-order valence-corrected chi connectivity index (χ1v) is 29.3. The number of hydrogen-bond donors (Lipinski definition) is 0. The first-order valence-electron chi connectivity index (χ1n) is 29.3. The molecule has 0 aromatic heterocycles. The third-order valence-electron chi connectivity index (χ3n) is 14.2. The number of carbonyl (C=O) groups excluding carboxylic acids is 3. The fraction of sp³-hybridized carbons (Fsp3) is 0.947. The Labute approximate surface area is 411 Å². The lowest BCUT2D eigenvalue weighted by atomic mass is 10.1. The lowest BCUT2D eigenvalue weighted by molar-refractivity contribution is -0.144. The zero-order valence-corrected chi connectivity index (χ0v) is 45.0. The molecule has 390 valence electrons. The van der Waals surface area contributed by atoms with E-state index in [9.17, 15) is 14.4 Å². The van der Waals surface area contributed by atoms with Gasteiger partial charge >= 0.3 is 5.97 Å². The minimum Gasteiger partial charge on any atom is -0.466 e. The Balaban J connectivity index is 2.71. The Kier molecular flexibility index (Phi) is 44.4. The van der Waals surface area contributed by atoms with E-state index in [4.69, 9.17) is 4.74 Å². The van der Waals surface area contributed by atoms with E-state index in [1.807, 2.05) is 9.80 Å². The minimum absolute atomic E-state index is 0.0827. The van der Waals surface area contributed by atoms with Crippen LogP contribution in [0.15, 0.2) is 0 Å². The SMILES string of the molecule is CCCCCCCCCN(CCCOC(=O)CCCCC)CCC(=O)N1CCN(C(=O)CCN(CCCCCCCCC)CCN(CCCCCCCCC)CCCCCCCCC)CC1. The molecule has 0 unspecified atom stereocenters. The average Bonchev–Trinajstić information content (AvgIpc) is 3.33. The van der Waals surface area contributed by atoms with E-state index in [1.54, 1.807) is 0 Å². The number of ether oxygens (including phenoxy) is 1. The molecule has 0 aliphatic carbocycles. The zero-order valence-electron chi connectivity index (χ0n) is 45.0. The molecule has 0 N–H and O–H groups in total. The second-order valence-corrected chi connectivity index (χ2v) is 20.3. The van der Waals surface area contributed by atoms with Gasteiger partial charge in [0.1, 0.15) is 0 Å². The summed E-state index contributed by atoms with van der Waals surface area (Å²) in [4.78, 5) is 51.2. The number of rotatable bonds is 49. The summed E-state index contributed by atoms with van der Waals surface area (Å²) in [6.45, 7) is 23.4. The van der Waals surface area contributed by atoms with E-state index in [2.05, 4.69) is 49.3 Å². The van der Waals surface area contributed by atoms with Crippen LogP contribution in [0.1, 0.15) is 259 Å². The zero-order chi connectivity index (χ0) is 48.0. The minimum atomic E-state index is -0.0827. The summed E-state index contributed by atoms with van der Waals surface area (Å²) < 4.78 is 5.54. The Morgan fingerprint density at radius 1 is 0.318 bits per heavy atom. The summed E-state index contributed by atoms with van der Waals surface area (Å²) >= 11 is 0. The fourth-order valence-corrected chi connectivity index (χ4v) is 9.55. The van der Waals surface area contributed by atoms with Crippen molar-refractivity contribution < 1.29 is 19.1 Å². The predicted octanol–water partition coefficient (Wildman–Crippen LogP) is 13.9. The van der Waals surface area contributed by atoms with Crippen molar-refractivity contribution in [2.45, 2.75) is 259 Å². The van der Waals surface area contributed by atoms with Gasteiger partial charge < -0.3 is 29.2 Å². The molecule has 1 saturated heterocycles. The summed E-state index contributed by atoms with van der Waals surface area (Å²) in [5.41, 5.74) is 0. The molecule has 0 aromatic carbocycles. The molecule has 1 aliphatic heterocycles. The number of esters is 1. The molecular weight excluding hydrogens is 819 g/mol. The van der Waals surface area contributed by atoms with Gasteiger partial charge in [0, 0.05) is 78.2 Å². The standard InChI is InChI=1S/C57H113N5O4/c1-6-11-16-20-24-28-33-41-58(45-37-54-66-57(65)38-32-15-10-5)46-39-55(63)61-50-52-62(53-51-61)56(64)40-47-60(44-36-31-27-23-19-14-9-4)49-48-59(42-34-29-25-21-17-12-7-2)43-35-30-26-22-18-13-8-3/h6-54H2,1-5H3. The summed E-state index contributed by atoms with van der Waals surface area (Å²) in [7, 11) is 0. The molecule has 1 aliphatic rings. The highest BCUT2D eigenvalue weighted by Gasteiger charge is 2.25. The highest BCUT2D eigenvalue weighted by atomic mass is 16.5. The molecule has 1 fully saturated rings. The third kappa shape index (κ3) is 37.2. The topological polar surface area (TPSA) is 76.6 Å². The molecule has 66 heavy (non-hydrogen) atoms. The van der Waals surface area contributed by atoms with Gasteiger partial charge in [-0.25, -0.2) is 0 Å². The normalized spacial score (nSPS) is 13.2. The van der Waals surface area contributed by atoms with Crippen LogP contribution in [0, 0.1) is 0 Å². The van der Waals surface area contributed by atoms with Crippen molar-refractivity contribution in [3.8, 4) is 0 Å². The predicted molar refractivity (Wildman–Crippen MR) is 283 cm³/mol. The van der Waals surface area contributed by atoms with Gasteiger partial charge in [0.15, 0.2) is 0 Å². The number of amides is 2. The van der Waals surface area contributed by atoms with Crippen LogP contribution >= 0.6 is 0 Å². The molecule has 0 bridgehead atoms. The highest BCUT2D eigenvalue weighted by molar-refractivity contribution is 5.78. The Morgan fingerprint density at radius 2 is 0.591 bits per heavy atom. The molecule has 9 nitrogen and oxygen atoms in total. The van der Waals surface area contributed by atoms with E-state index in [-0.39, 0.29) is 17.8 Å². The van der Waals surface area contributed by atoms with Gasteiger partial charge in [0.2, 0.25) is 11.8 Å². The number of nitrogens with zero attached hydrogens (tertiary/aromatic N) is 5. The van der Waals surface area contributed by atoms with Crippen LogP contribution < -0.4 is 0 Å². The first-order chi connectivity index (χ1) is 32.4. The molecule has 0 atom stereocenters. The quantitative estimate of drug-likeness (QED) is 0.0444. The van der Waals surface area contributed by atoms with E-state index >= 15 is 0 Å². The van der Waals surface area contributed by atoms with E-state index in [1.165, 1.54) is 186 Å². The summed E-state index contributed by atoms with van der Waals surface area (Å²) in [6.07, 6.45) is 42.5. The largest absolute Gasteiger partial charge is 0.466 e. The lowest BCUT2D eigenvalue weighted by Gasteiger charge is -2.36. The molecular formula is C57H113N5O4. The second kappa shape index (κ2) is 47.0. The van der Waals surface area contributed by atoms with Gasteiger partial charge in [0.05, 0.1) is 6.61 Å². The molecule has 1 heterocycles. The van der Waals surface area contributed by atoms with E-state index < -0.39 is 0 Å². The monoisotopic (exact) mass is 932 g/mol. The third-order valence-corrected chi connectivity index (χ3v) is 14.2. The summed E-state index contributed by atoms with van der Waals surface area (Å²) in [5.74, 6) is 0.370. The second-order valence-electron chi connectivity index (χ2n) is 20.3. The average molecular weight is 933 g/mol. The van der Waals surface area contributed by atoms with Crippen LogP contribution in [0.3, 0.4) is 0 Å². The Bertz CT molecular complexity index is 1070. The van der Waals surface area contributed by atoms with Gasteiger partial charge in [-0.2, -0.15) is 0 Å². The van der Waals surface area contributed by atoms with Crippen LogP contribution in [0.2, 0.25) is 0 Å². The molecule has 2 amide bonds. The van der Waals surface area contributed by atoms with Gasteiger partial charge in [-0.1, -0.05) is 202 Å². The van der Waals surface area contributed by atoms with Crippen molar-refractivity contribution in [3.05, 3.63) is 0 Å². The summed E-state index contributed by atoms with van der Waals surface area (Å²) in [6, 6.07) is 0. The van der Waals surface area contributed by atoms with Gasteiger partial charge in [-0.15, -0.1) is 0 Å². The molecule has 0 spiro atoms. The van der Waals surface area contributed by atoms with Crippen molar-refractivity contribution in [1.29, 1.82) is 0 Å². The van der Waals surface area contributed by atoms with Crippen molar-refractivity contribution >= 4 is 17.8 Å². The van der Waals surface area contributed by atoms with Crippen LogP contribution in [-0.4, -0.2) is 134 Å². The lowest BCUT2D eigenvalue weighted by Crippen LogP contribution is -2.51. The summed E-state index contributed by atoms with van der Waals surface area (Å²) in [5, 5.41) is 0. The maximum Gasteiger partial charge on any atom is 0.305 e. The number of carbonyl (C=O) groups is 3. The maximum atomic E-state index is 13.7. The van der Waals surface area contributed by atoms with Crippen LogP contribution in [0.4, 0.5) is 0 Å². The number of unbranched alkanes of at least 4 members (excludes halogenated alkanes) is 26. The Hall–Kier alpha value is -1.71. The molecule has 0 saturated carbocycles. The maximum absolute atomic E-state index is 13.7. The smallest absolute Gasteiger partial charge is 0.305 e. The van der Waals surface area contributed by atoms with E-state index in [0.717, 1.165) is 77.9 Å². The van der Waals surface area contributed by atoms with Gasteiger partial charge in [0.25, 0.3) is 0 Å². The van der Waals surface area contributed by atoms with Crippen molar-refractivity contribution in [2.24, 2.45) is 0 Å². The first kappa shape index (κ1) is 62.3. The highest BCUT2D eigenvalue weighted by Crippen LogP contribution is 2.14. The number of hydrogen-bond acceptors (Lipinski definition) is 7. The van der Waals surface area contributed by atoms with Crippen LogP contribution in [0.25, 0.3) is 0 Å². The van der Waals surface area contributed by atoms with Crippen molar-refractivity contribution in [1.82, 2.24) is 24.5 Å². The molecule has 1 rings (SSSR count). The van der Waals surface area contributed by atoms with Crippen molar-refractivity contribution in [3.63, 3.8) is 0 Å².